The molecule has 0 saturated carbocycles. The van der Waals surface area contributed by atoms with E-state index >= 15 is 0 Å². The van der Waals surface area contributed by atoms with Crippen LogP contribution in [0.4, 0.5) is 16.0 Å². The minimum atomic E-state index is -0.379. The van der Waals surface area contributed by atoms with E-state index in [0.717, 1.165) is 24.6 Å². The second-order valence-corrected chi connectivity index (χ2v) is 6.70. The van der Waals surface area contributed by atoms with Crippen molar-refractivity contribution >= 4 is 11.6 Å². The predicted molar refractivity (Wildman–Crippen MR) is 87.1 cm³/mol. The largest absolute Gasteiger partial charge is 0.352 e. The number of hydrogen-bond acceptors (Lipinski definition) is 6. The fourth-order valence-electron chi connectivity index (χ4n) is 2.58. The van der Waals surface area contributed by atoms with E-state index < -0.39 is 0 Å². The Kier molecular flexibility index (Phi) is 4.11. The summed E-state index contributed by atoms with van der Waals surface area (Å²) >= 11 is 0. The molecule has 7 heteroatoms. The number of rotatable bonds is 2. The summed E-state index contributed by atoms with van der Waals surface area (Å²) in [5.41, 5.74) is 0.970. The second kappa shape index (κ2) is 6.06. The Morgan fingerprint density at radius 3 is 2.26 bits per heavy atom. The molecule has 2 aromatic heterocycles. The Labute approximate surface area is 135 Å². The van der Waals surface area contributed by atoms with Crippen molar-refractivity contribution in [2.75, 3.05) is 36.0 Å². The molecule has 23 heavy (non-hydrogen) atoms. The third kappa shape index (κ3) is 3.38. The average molecular weight is 316 g/mol. The van der Waals surface area contributed by atoms with E-state index in [1.54, 1.807) is 0 Å². The second-order valence-electron chi connectivity index (χ2n) is 6.70. The van der Waals surface area contributed by atoms with Crippen molar-refractivity contribution in [2.45, 2.75) is 26.2 Å². The molecule has 0 spiro atoms. The van der Waals surface area contributed by atoms with Crippen LogP contribution in [0.15, 0.2) is 24.7 Å². The van der Waals surface area contributed by atoms with Crippen LogP contribution in [0.5, 0.6) is 0 Å². The zero-order valence-corrected chi connectivity index (χ0v) is 13.7. The average Bonchev–Trinajstić information content (AvgIpc) is 2.55. The van der Waals surface area contributed by atoms with Gasteiger partial charge in [-0.05, 0) is 12.1 Å². The van der Waals surface area contributed by atoms with Crippen LogP contribution in [0, 0.1) is 5.82 Å². The number of hydrogen-bond donors (Lipinski definition) is 0. The highest BCUT2D eigenvalue weighted by Crippen LogP contribution is 2.22. The van der Waals surface area contributed by atoms with Crippen molar-refractivity contribution in [1.29, 1.82) is 0 Å². The number of piperazine rings is 1. The summed E-state index contributed by atoms with van der Waals surface area (Å²) in [6, 6.07) is 4.04. The summed E-state index contributed by atoms with van der Waals surface area (Å²) in [7, 11) is 0. The highest BCUT2D eigenvalue weighted by molar-refractivity contribution is 5.44. The maximum atomic E-state index is 13.7. The highest BCUT2D eigenvalue weighted by Gasteiger charge is 2.22. The fourth-order valence-corrected chi connectivity index (χ4v) is 2.58. The smallest absolute Gasteiger partial charge is 0.183 e. The third-order valence-electron chi connectivity index (χ3n) is 3.97. The Morgan fingerprint density at radius 1 is 1.00 bits per heavy atom. The molecule has 122 valence electrons. The van der Waals surface area contributed by atoms with Gasteiger partial charge in [-0.2, -0.15) is 5.10 Å². The summed E-state index contributed by atoms with van der Waals surface area (Å²) in [5, 5.41) is 8.67. The predicted octanol–water partition coefficient (Wildman–Crippen LogP) is 2.03. The lowest BCUT2D eigenvalue weighted by Gasteiger charge is -2.35. The number of anilines is 2. The van der Waals surface area contributed by atoms with Gasteiger partial charge in [0.15, 0.2) is 17.5 Å². The number of aromatic nitrogens is 4. The minimum absolute atomic E-state index is 0.00519. The van der Waals surface area contributed by atoms with Gasteiger partial charge in [-0.3, -0.25) is 0 Å². The highest BCUT2D eigenvalue weighted by atomic mass is 19.1. The normalized spacial score (nSPS) is 15.8. The van der Waals surface area contributed by atoms with Crippen LogP contribution in [-0.2, 0) is 5.41 Å². The molecule has 0 aliphatic carbocycles. The Hall–Kier alpha value is -2.31. The van der Waals surface area contributed by atoms with Crippen molar-refractivity contribution in [3.8, 4) is 0 Å². The summed E-state index contributed by atoms with van der Waals surface area (Å²) in [6.45, 7) is 9.25. The molecule has 1 aliphatic heterocycles. The van der Waals surface area contributed by atoms with Gasteiger partial charge in [0.2, 0.25) is 0 Å². The van der Waals surface area contributed by atoms with E-state index in [0.29, 0.717) is 18.9 Å². The molecule has 2 aromatic rings. The van der Waals surface area contributed by atoms with E-state index in [-0.39, 0.29) is 11.2 Å². The quantitative estimate of drug-likeness (QED) is 0.845. The van der Waals surface area contributed by atoms with Gasteiger partial charge in [0.1, 0.15) is 6.33 Å². The maximum absolute atomic E-state index is 13.7. The van der Waals surface area contributed by atoms with Gasteiger partial charge in [0.05, 0.1) is 11.9 Å². The summed E-state index contributed by atoms with van der Waals surface area (Å²) < 4.78 is 13.7. The summed E-state index contributed by atoms with van der Waals surface area (Å²) in [6.07, 6.45) is 2.58. The first kappa shape index (κ1) is 15.6. The third-order valence-corrected chi connectivity index (χ3v) is 3.97. The van der Waals surface area contributed by atoms with Crippen molar-refractivity contribution in [2.24, 2.45) is 0 Å². The van der Waals surface area contributed by atoms with Gasteiger partial charge in [-0.15, -0.1) is 5.10 Å². The van der Waals surface area contributed by atoms with Gasteiger partial charge in [0.25, 0.3) is 0 Å². The maximum Gasteiger partial charge on any atom is 0.183 e. The fraction of sp³-hybridized carbons (Fsp3) is 0.500. The zero-order valence-electron chi connectivity index (χ0n) is 13.7. The van der Waals surface area contributed by atoms with E-state index in [9.17, 15) is 4.39 Å². The van der Waals surface area contributed by atoms with Crippen molar-refractivity contribution in [3.05, 3.63) is 36.2 Å². The lowest BCUT2D eigenvalue weighted by molar-refractivity contribution is 0.554. The molecule has 1 saturated heterocycles. The first-order valence-electron chi connectivity index (χ1n) is 7.75. The van der Waals surface area contributed by atoms with Crippen molar-refractivity contribution in [1.82, 2.24) is 20.2 Å². The molecule has 1 fully saturated rings. The van der Waals surface area contributed by atoms with E-state index in [1.807, 2.05) is 17.0 Å². The lowest BCUT2D eigenvalue weighted by atomic mass is 9.92. The van der Waals surface area contributed by atoms with Crippen LogP contribution in [-0.4, -0.2) is 46.3 Å². The molecule has 6 nitrogen and oxygen atoms in total. The van der Waals surface area contributed by atoms with Crippen molar-refractivity contribution < 1.29 is 4.39 Å². The van der Waals surface area contributed by atoms with Crippen LogP contribution in [0.3, 0.4) is 0 Å². The molecule has 0 bridgehead atoms. The minimum Gasteiger partial charge on any atom is -0.352 e. The van der Waals surface area contributed by atoms with Gasteiger partial charge >= 0.3 is 0 Å². The van der Waals surface area contributed by atoms with Crippen LogP contribution < -0.4 is 9.80 Å². The van der Waals surface area contributed by atoms with Crippen LogP contribution in [0.2, 0.25) is 0 Å². The van der Waals surface area contributed by atoms with Gasteiger partial charge in [-0.1, -0.05) is 20.8 Å². The van der Waals surface area contributed by atoms with Crippen LogP contribution >= 0.6 is 0 Å². The first-order chi connectivity index (χ1) is 10.9. The molecule has 3 heterocycles. The van der Waals surface area contributed by atoms with Gasteiger partial charge in [0, 0.05) is 31.6 Å². The molecule has 0 unspecified atom stereocenters. The lowest BCUT2D eigenvalue weighted by Crippen LogP contribution is -2.47. The Balaban J connectivity index is 1.66. The number of nitrogens with zero attached hydrogens (tertiary/aromatic N) is 6. The molecule has 1 aliphatic rings. The molecule has 0 N–H and O–H groups in total. The molecule has 0 aromatic carbocycles. The Morgan fingerprint density at radius 2 is 1.70 bits per heavy atom. The zero-order chi connectivity index (χ0) is 16.4. The number of halogens is 1. The standard InChI is InChI=1S/C16H21FN6/c1-16(2,3)13-4-5-14(21-20-13)22-6-8-23(9-7-22)15-12(17)10-18-11-19-15/h4-5,10-11H,6-9H2,1-3H3. The molecule has 0 radical (unpaired) electrons. The first-order valence-corrected chi connectivity index (χ1v) is 7.75. The van der Waals surface area contributed by atoms with E-state index in [2.05, 4.69) is 45.8 Å². The Bertz CT molecular complexity index is 659. The molecular weight excluding hydrogens is 295 g/mol. The van der Waals surface area contributed by atoms with Crippen molar-refractivity contribution in [3.63, 3.8) is 0 Å². The molecule has 3 rings (SSSR count). The summed E-state index contributed by atoms with van der Waals surface area (Å²) in [5.74, 6) is 0.852. The molecule has 0 atom stereocenters. The van der Waals surface area contributed by atoms with E-state index in [4.69, 9.17) is 0 Å². The van der Waals surface area contributed by atoms with Crippen LogP contribution in [0.25, 0.3) is 0 Å². The topological polar surface area (TPSA) is 58.0 Å². The SMILES string of the molecule is CC(C)(C)c1ccc(N2CCN(c3ncncc3F)CC2)nn1. The van der Waals surface area contributed by atoms with E-state index in [1.165, 1.54) is 12.5 Å². The molecule has 0 amide bonds. The van der Waals surface area contributed by atoms with Gasteiger partial charge in [-0.25, -0.2) is 14.4 Å². The monoisotopic (exact) mass is 316 g/mol. The summed E-state index contributed by atoms with van der Waals surface area (Å²) in [4.78, 5) is 11.8. The molecular formula is C16H21FN6. The van der Waals surface area contributed by atoms with Crippen LogP contribution in [0.1, 0.15) is 26.5 Å². The van der Waals surface area contributed by atoms with Gasteiger partial charge < -0.3 is 9.80 Å².